The van der Waals surface area contributed by atoms with Crippen LogP contribution in [0.1, 0.15) is 12.0 Å². The number of hydrogen-bond donors (Lipinski definition) is 1. The molecule has 0 bridgehead atoms. The molecule has 0 saturated carbocycles. The average Bonchev–Trinajstić information content (AvgIpc) is 2.82. The molecule has 1 aliphatic rings. The van der Waals surface area contributed by atoms with Gasteiger partial charge in [0.05, 0.1) is 10.9 Å². The molecule has 1 aromatic carbocycles. The van der Waals surface area contributed by atoms with Gasteiger partial charge in [0.1, 0.15) is 5.82 Å². The Bertz CT molecular complexity index is 453. The molecule has 18 heavy (non-hydrogen) atoms. The molecule has 1 atom stereocenters. The Morgan fingerprint density at radius 1 is 1.56 bits per heavy atom. The molecular weight excluding hydrogens is 299 g/mol. The van der Waals surface area contributed by atoms with Gasteiger partial charge in [-0.2, -0.15) is 0 Å². The van der Waals surface area contributed by atoms with Crippen molar-refractivity contribution in [1.29, 1.82) is 0 Å². The molecule has 2 N–H and O–H groups in total. The second-order valence-electron chi connectivity index (χ2n) is 4.66. The van der Waals surface area contributed by atoms with E-state index in [2.05, 4.69) is 15.9 Å². The monoisotopic (exact) mass is 314 g/mol. The van der Waals surface area contributed by atoms with Crippen molar-refractivity contribution in [3.8, 4) is 0 Å². The summed E-state index contributed by atoms with van der Waals surface area (Å²) < 4.78 is 13.5. The Balaban J connectivity index is 1.97. The van der Waals surface area contributed by atoms with Gasteiger partial charge in [0.25, 0.3) is 0 Å². The van der Waals surface area contributed by atoms with Crippen LogP contribution in [-0.2, 0) is 11.2 Å². The van der Waals surface area contributed by atoms with Crippen molar-refractivity contribution in [3.05, 3.63) is 34.1 Å². The molecule has 1 heterocycles. The van der Waals surface area contributed by atoms with Crippen molar-refractivity contribution in [3.63, 3.8) is 0 Å². The summed E-state index contributed by atoms with van der Waals surface area (Å²) >= 11 is 3.12. The van der Waals surface area contributed by atoms with E-state index in [-0.39, 0.29) is 11.7 Å². The second kappa shape index (κ2) is 5.80. The molecule has 3 nitrogen and oxygen atoms in total. The normalized spacial score (nSPS) is 19.3. The second-order valence-corrected chi connectivity index (χ2v) is 5.51. The molecule has 0 spiro atoms. The van der Waals surface area contributed by atoms with Crippen molar-refractivity contribution in [2.24, 2.45) is 11.7 Å². The predicted molar refractivity (Wildman–Crippen MR) is 71.5 cm³/mol. The van der Waals surface area contributed by atoms with Crippen molar-refractivity contribution >= 4 is 21.8 Å². The van der Waals surface area contributed by atoms with Crippen LogP contribution in [-0.4, -0.2) is 30.4 Å². The van der Waals surface area contributed by atoms with Crippen LogP contribution in [0.15, 0.2) is 22.7 Å². The fourth-order valence-corrected chi connectivity index (χ4v) is 2.61. The number of nitrogens with two attached hydrogens (primary N) is 1. The summed E-state index contributed by atoms with van der Waals surface area (Å²) in [5.41, 5.74) is 6.42. The molecule has 1 amide bonds. The number of hydrogen-bond acceptors (Lipinski definition) is 2. The Labute approximate surface area is 114 Å². The Hall–Kier alpha value is -0.940. The summed E-state index contributed by atoms with van der Waals surface area (Å²) in [4.78, 5) is 13.9. The third-order valence-corrected chi connectivity index (χ3v) is 3.92. The molecular formula is C13H16BrFN2O. The van der Waals surface area contributed by atoms with Crippen LogP contribution in [0.25, 0.3) is 0 Å². The topological polar surface area (TPSA) is 46.3 Å². The zero-order valence-electron chi connectivity index (χ0n) is 10.0. The lowest BCUT2D eigenvalue weighted by Crippen LogP contribution is -2.31. The number of amides is 1. The third kappa shape index (κ3) is 3.09. The van der Waals surface area contributed by atoms with E-state index in [0.717, 1.165) is 25.1 Å². The molecule has 1 aromatic rings. The zero-order chi connectivity index (χ0) is 13.1. The van der Waals surface area contributed by atoms with E-state index in [1.807, 2.05) is 4.90 Å². The largest absolute Gasteiger partial charge is 0.342 e. The number of nitrogens with zero attached hydrogens (tertiary/aromatic N) is 1. The van der Waals surface area contributed by atoms with Gasteiger partial charge in [-0.05, 0) is 52.5 Å². The van der Waals surface area contributed by atoms with E-state index in [4.69, 9.17) is 5.73 Å². The average molecular weight is 315 g/mol. The first-order valence-electron chi connectivity index (χ1n) is 6.02. The highest BCUT2D eigenvalue weighted by atomic mass is 79.9. The quantitative estimate of drug-likeness (QED) is 0.926. The SMILES string of the molecule is NC[C@@H]1CCN(C(=O)Cc2ccc(F)c(Br)c2)C1. The highest BCUT2D eigenvalue weighted by Crippen LogP contribution is 2.19. The molecule has 98 valence electrons. The van der Waals surface area contributed by atoms with E-state index < -0.39 is 0 Å². The fraction of sp³-hybridized carbons (Fsp3) is 0.462. The molecule has 5 heteroatoms. The molecule has 1 fully saturated rings. The highest BCUT2D eigenvalue weighted by Gasteiger charge is 2.25. The Kier molecular flexibility index (Phi) is 4.35. The Morgan fingerprint density at radius 3 is 2.94 bits per heavy atom. The smallest absolute Gasteiger partial charge is 0.227 e. The van der Waals surface area contributed by atoms with Gasteiger partial charge in [-0.3, -0.25) is 4.79 Å². The van der Waals surface area contributed by atoms with Crippen LogP contribution in [0.3, 0.4) is 0 Å². The van der Waals surface area contributed by atoms with Crippen molar-refractivity contribution in [2.75, 3.05) is 19.6 Å². The van der Waals surface area contributed by atoms with Gasteiger partial charge in [0, 0.05) is 13.1 Å². The van der Waals surface area contributed by atoms with E-state index in [0.29, 0.717) is 23.4 Å². The van der Waals surface area contributed by atoms with E-state index in [1.54, 1.807) is 12.1 Å². The maximum atomic E-state index is 13.1. The summed E-state index contributed by atoms with van der Waals surface area (Å²) in [6.45, 7) is 2.16. The molecule has 0 unspecified atom stereocenters. The van der Waals surface area contributed by atoms with E-state index in [9.17, 15) is 9.18 Å². The number of carbonyl (C=O) groups excluding carboxylic acids is 1. The maximum absolute atomic E-state index is 13.1. The fourth-order valence-electron chi connectivity index (χ4n) is 2.19. The van der Waals surface area contributed by atoms with Crippen molar-refractivity contribution in [2.45, 2.75) is 12.8 Å². The van der Waals surface area contributed by atoms with Crippen LogP contribution >= 0.6 is 15.9 Å². The van der Waals surface area contributed by atoms with E-state index >= 15 is 0 Å². The number of likely N-dealkylation sites (tertiary alicyclic amines) is 1. The predicted octanol–water partition coefficient (Wildman–Crippen LogP) is 1.94. The van der Waals surface area contributed by atoms with Gasteiger partial charge in [-0.1, -0.05) is 6.07 Å². The summed E-state index contributed by atoms with van der Waals surface area (Å²) in [5.74, 6) is 0.203. The lowest BCUT2D eigenvalue weighted by Gasteiger charge is -2.16. The van der Waals surface area contributed by atoms with Crippen LogP contribution < -0.4 is 5.73 Å². The highest BCUT2D eigenvalue weighted by molar-refractivity contribution is 9.10. The summed E-state index contributed by atoms with van der Waals surface area (Å²) in [6, 6.07) is 4.68. The van der Waals surface area contributed by atoms with Crippen LogP contribution in [0.2, 0.25) is 0 Å². The van der Waals surface area contributed by atoms with E-state index in [1.165, 1.54) is 6.07 Å². The maximum Gasteiger partial charge on any atom is 0.227 e. The molecule has 0 aliphatic carbocycles. The van der Waals surface area contributed by atoms with Crippen molar-refractivity contribution in [1.82, 2.24) is 4.90 Å². The molecule has 2 rings (SSSR count). The molecule has 0 aromatic heterocycles. The summed E-state index contributed by atoms with van der Waals surface area (Å²) in [7, 11) is 0. The first-order valence-corrected chi connectivity index (χ1v) is 6.81. The van der Waals surface area contributed by atoms with Gasteiger partial charge < -0.3 is 10.6 Å². The van der Waals surface area contributed by atoms with Crippen molar-refractivity contribution < 1.29 is 9.18 Å². The van der Waals surface area contributed by atoms with Gasteiger partial charge >= 0.3 is 0 Å². The first kappa shape index (κ1) is 13.5. The minimum absolute atomic E-state index is 0.0875. The molecule has 1 saturated heterocycles. The van der Waals surface area contributed by atoms with Crippen LogP contribution in [0.4, 0.5) is 4.39 Å². The minimum Gasteiger partial charge on any atom is -0.342 e. The van der Waals surface area contributed by atoms with Gasteiger partial charge in [0.15, 0.2) is 0 Å². The Morgan fingerprint density at radius 2 is 2.33 bits per heavy atom. The molecule has 0 radical (unpaired) electrons. The zero-order valence-corrected chi connectivity index (χ0v) is 11.6. The summed E-state index contributed by atoms with van der Waals surface area (Å²) in [6.07, 6.45) is 1.30. The standard InChI is InChI=1S/C13H16BrFN2O/c14-11-5-9(1-2-12(11)15)6-13(18)17-4-3-10(7-16)8-17/h1-2,5,10H,3-4,6-8,16H2/t10-/m0/s1. The first-order chi connectivity index (χ1) is 8.60. The lowest BCUT2D eigenvalue weighted by atomic mass is 10.1. The number of halogens is 2. The summed E-state index contributed by atoms with van der Waals surface area (Å²) in [5, 5.41) is 0. The number of benzene rings is 1. The minimum atomic E-state index is -0.310. The molecule has 1 aliphatic heterocycles. The lowest BCUT2D eigenvalue weighted by molar-refractivity contribution is -0.129. The van der Waals surface area contributed by atoms with Gasteiger partial charge in [-0.15, -0.1) is 0 Å². The number of rotatable bonds is 3. The number of carbonyl (C=O) groups is 1. The van der Waals surface area contributed by atoms with Crippen LogP contribution in [0.5, 0.6) is 0 Å². The van der Waals surface area contributed by atoms with Crippen LogP contribution in [0, 0.1) is 11.7 Å². The van der Waals surface area contributed by atoms with Gasteiger partial charge in [-0.25, -0.2) is 4.39 Å². The van der Waals surface area contributed by atoms with Gasteiger partial charge in [0.2, 0.25) is 5.91 Å². The third-order valence-electron chi connectivity index (χ3n) is 3.31.